The van der Waals surface area contributed by atoms with E-state index in [0.29, 0.717) is 54.4 Å². The Morgan fingerprint density at radius 2 is 1.81 bits per heavy atom. The predicted octanol–water partition coefficient (Wildman–Crippen LogP) is 4.30. The highest BCUT2D eigenvalue weighted by atomic mass is 19.4. The van der Waals surface area contributed by atoms with E-state index in [9.17, 15) is 18.0 Å². The smallest absolute Gasteiger partial charge is 0.338 e. The molecule has 0 aliphatic carbocycles. The molecule has 0 N–H and O–H groups in total. The number of hydrogen-bond donors (Lipinski definition) is 0. The van der Waals surface area contributed by atoms with Gasteiger partial charge >= 0.3 is 6.18 Å². The Labute approximate surface area is 183 Å². The van der Waals surface area contributed by atoms with Gasteiger partial charge in [0.05, 0.1) is 17.0 Å². The summed E-state index contributed by atoms with van der Waals surface area (Å²) in [6, 6.07) is 2.71. The summed E-state index contributed by atoms with van der Waals surface area (Å²) >= 11 is 0. The number of carbonyl (C=O) groups is 1. The Hall–Kier alpha value is -3.04. The van der Waals surface area contributed by atoms with Gasteiger partial charge in [0.2, 0.25) is 0 Å². The van der Waals surface area contributed by atoms with Crippen LogP contribution >= 0.6 is 0 Å². The van der Waals surface area contributed by atoms with Crippen LogP contribution in [0.5, 0.6) is 0 Å². The van der Waals surface area contributed by atoms with Crippen molar-refractivity contribution in [3.8, 4) is 0 Å². The minimum atomic E-state index is -4.53. The van der Waals surface area contributed by atoms with Crippen LogP contribution in [0.15, 0.2) is 18.3 Å². The molecule has 1 fully saturated rings. The molecule has 4 rings (SSSR count). The van der Waals surface area contributed by atoms with Gasteiger partial charge in [0.15, 0.2) is 5.65 Å². The molecule has 0 bridgehead atoms. The molecule has 0 unspecified atom stereocenters. The number of fused-ring (bicyclic) bond motifs is 1. The number of alkyl halides is 3. The normalized spacial score (nSPS) is 15.7. The van der Waals surface area contributed by atoms with E-state index in [2.05, 4.69) is 20.1 Å². The van der Waals surface area contributed by atoms with E-state index in [1.807, 2.05) is 13.8 Å². The van der Waals surface area contributed by atoms with Crippen molar-refractivity contribution in [2.24, 2.45) is 0 Å². The van der Waals surface area contributed by atoms with Crippen LogP contribution in [0.25, 0.3) is 5.65 Å². The Morgan fingerprint density at radius 1 is 1.12 bits per heavy atom. The summed E-state index contributed by atoms with van der Waals surface area (Å²) in [6.07, 6.45) is -1.76. The zero-order valence-corrected chi connectivity index (χ0v) is 18.4. The second-order valence-electron chi connectivity index (χ2n) is 8.54. The molecular weight excluding hydrogens is 421 g/mol. The fourth-order valence-corrected chi connectivity index (χ4v) is 4.05. The van der Waals surface area contributed by atoms with Crippen molar-refractivity contribution < 1.29 is 18.0 Å². The van der Waals surface area contributed by atoms with Gasteiger partial charge in [-0.05, 0) is 38.7 Å². The lowest BCUT2D eigenvalue weighted by atomic mass is 9.93. The first-order valence-electron chi connectivity index (χ1n) is 10.6. The molecule has 0 aromatic carbocycles. The van der Waals surface area contributed by atoms with Crippen LogP contribution < -0.4 is 0 Å². The number of rotatable bonds is 3. The van der Waals surface area contributed by atoms with Gasteiger partial charge in [-0.15, -0.1) is 0 Å². The first kappa shape index (κ1) is 22.2. The molecule has 0 radical (unpaired) electrons. The SMILES string of the molecule is Cc1ncc(C(=O)N2CCC(c3cc4nc(C(C)C)cc(C(F)(F)F)n4n3)CC2)c(C)n1. The van der Waals surface area contributed by atoms with E-state index in [0.717, 1.165) is 10.6 Å². The van der Waals surface area contributed by atoms with E-state index >= 15 is 0 Å². The van der Waals surface area contributed by atoms with Crippen molar-refractivity contribution in [2.45, 2.75) is 58.5 Å². The highest BCUT2D eigenvalue weighted by Gasteiger charge is 2.36. The second kappa shape index (κ2) is 8.14. The number of aromatic nitrogens is 5. The van der Waals surface area contributed by atoms with Gasteiger partial charge in [0.25, 0.3) is 5.91 Å². The maximum absolute atomic E-state index is 13.6. The topological polar surface area (TPSA) is 76.3 Å². The number of nitrogens with zero attached hydrogens (tertiary/aromatic N) is 6. The second-order valence-corrected chi connectivity index (χ2v) is 8.54. The average Bonchev–Trinajstić information content (AvgIpc) is 3.16. The zero-order valence-electron chi connectivity index (χ0n) is 18.4. The zero-order chi connectivity index (χ0) is 23.2. The standard InChI is InChI=1S/C22H25F3N6O/c1-12(2)17-9-19(22(23,24)25)31-20(28-17)10-18(29-31)15-5-7-30(8-6-15)21(32)16-11-26-14(4)27-13(16)3/h9-12,15H,5-8H2,1-4H3. The largest absolute Gasteiger partial charge is 0.433 e. The Balaban J connectivity index is 1.56. The maximum Gasteiger partial charge on any atom is 0.433 e. The molecule has 1 aliphatic rings. The highest BCUT2D eigenvalue weighted by molar-refractivity contribution is 5.95. The third-order valence-electron chi connectivity index (χ3n) is 5.88. The Bertz CT molecular complexity index is 1160. The van der Waals surface area contributed by atoms with E-state index in [1.54, 1.807) is 31.0 Å². The molecule has 3 aromatic rings. The quantitative estimate of drug-likeness (QED) is 0.600. The van der Waals surface area contributed by atoms with Gasteiger partial charge in [-0.3, -0.25) is 4.79 Å². The van der Waals surface area contributed by atoms with Crippen molar-refractivity contribution in [1.82, 2.24) is 29.5 Å². The lowest BCUT2D eigenvalue weighted by Gasteiger charge is -2.31. The molecule has 0 saturated carbocycles. The molecule has 1 saturated heterocycles. The number of aryl methyl sites for hydroxylation is 2. The Kier molecular flexibility index (Phi) is 5.64. The van der Waals surface area contributed by atoms with Crippen LogP contribution in [0, 0.1) is 13.8 Å². The van der Waals surface area contributed by atoms with Gasteiger partial charge in [0.1, 0.15) is 11.5 Å². The van der Waals surface area contributed by atoms with Crippen LogP contribution in [-0.2, 0) is 6.18 Å². The summed E-state index contributed by atoms with van der Waals surface area (Å²) in [4.78, 5) is 27.4. The first-order valence-corrected chi connectivity index (χ1v) is 10.6. The van der Waals surface area contributed by atoms with Crippen molar-refractivity contribution >= 4 is 11.6 Å². The molecule has 4 heterocycles. The van der Waals surface area contributed by atoms with Gasteiger partial charge < -0.3 is 4.90 Å². The number of likely N-dealkylation sites (tertiary alicyclic amines) is 1. The van der Waals surface area contributed by atoms with E-state index < -0.39 is 11.9 Å². The molecule has 7 nitrogen and oxygen atoms in total. The fourth-order valence-electron chi connectivity index (χ4n) is 4.05. The molecule has 32 heavy (non-hydrogen) atoms. The van der Waals surface area contributed by atoms with Gasteiger partial charge in [-0.25, -0.2) is 19.5 Å². The van der Waals surface area contributed by atoms with E-state index in [-0.39, 0.29) is 23.4 Å². The van der Waals surface area contributed by atoms with E-state index in [1.165, 1.54) is 0 Å². The summed E-state index contributed by atoms with van der Waals surface area (Å²) in [6.45, 7) is 8.14. The van der Waals surface area contributed by atoms with Gasteiger partial charge in [-0.2, -0.15) is 18.3 Å². The monoisotopic (exact) mass is 446 g/mol. The van der Waals surface area contributed by atoms with Crippen LogP contribution in [0.1, 0.15) is 77.5 Å². The number of hydrogen-bond acceptors (Lipinski definition) is 5. The number of carbonyl (C=O) groups excluding carboxylic acids is 1. The summed E-state index contributed by atoms with van der Waals surface area (Å²) < 4.78 is 41.8. The van der Waals surface area contributed by atoms with Crippen molar-refractivity contribution in [1.29, 1.82) is 0 Å². The first-order chi connectivity index (χ1) is 15.0. The van der Waals surface area contributed by atoms with Crippen molar-refractivity contribution in [3.05, 3.63) is 52.5 Å². The summed E-state index contributed by atoms with van der Waals surface area (Å²) in [5, 5.41) is 4.27. The minimum Gasteiger partial charge on any atom is -0.338 e. The fraction of sp³-hybridized carbons (Fsp3) is 0.500. The van der Waals surface area contributed by atoms with Gasteiger partial charge in [-0.1, -0.05) is 13.8 Å². The molecule has 0 atom stereocenters. The molecule has 10 heteroatoms. The van der Waals surface area contributed by atoms with Gasteiger partial charge in [0, 0.05) is 37.0 Å². The predicted molar refractivity (Wildman–Crippen MR) is 111 cm³/mol. The molecule has 170 valence electrons. The third-order valence-corrected chi connectivity index (χ3v) is 5.88. The third kappa shape index (κ3) is 4.18. The minimum absolute atomic E-state index is 0.0419. The molecular formula is C22H25F3N6O. The summed E-state index contributed by atoms with van der Waals surface area (Å²) in [7, 11) is 0. The molecule has 1 amide bonds. The van der Waals surface area contributed by atoms with Crippen molar-refractivity contribution in [3.63, 3.8) is 0 Å². The molecule has 3 aromatic heterocycles. The van der Waals surface area contributed by atoms with Crippen LogP contribution in [0.3, 0.4) is 0 Å². The summed E-state index contributed by atoms with van der Waals surface area (Å²) in [5.74, 6) is 0.304. The molecule has 0 spiro atoms. The van der Waals surface area contributed by atoms with Crippen LogP contribution in [-0.4, -0.2) is 48.5 Å². The maximum atomic E-state index is 13.6. The molecule has 1 aliphatic heterocycles. The number of halogens is 3. The highest BCUT2D eigenvalue weighted by Crippen LogP contribution is 2.34. The average molecular weight is 446 g/mol. The lowest BCUT2D eigenvalue weighted by Crippen LogP contribution is -2.38. The lowest BCUT2D eigenvalue weighted by molar-refractivity contribution is -0.142. The van der Waals surface area contributed by atoms with Crippen LogP contribution in [0.4, 0.5) is 13.2 Å². The van der Waals surface area contributed by atoms with E-state index in [4.69, 9.17) is 0 Å². The summed E-state index contributed by atoms with van der Waals surface area (Å²) in [5.41, 5.74) is 1.45. The van der Waals surface area contributed by atoms with Crippen molar-refractivity contribution in [2.75, 3.05) is 13.1 Å². The number of piperidine rings is 1. The Morgan fingerprint density at radius 3 is 2.41 bits per heavy atom. The number of amides is 1. The van der Waals surface area contributed by atoms with Crippen LogP contribution in [0.2, 0.25) is 0 Å².